The van der Waals surface area contributed by atoms with E-state index in [1.165, 1.54) is 12.1 Å². The van der Waals surface area contributed by atoms with Gasteiger partial charge in [-0.05, 0) is 40.6 Å². The van der Waals surface area contributed by atoms with Crippen LogP contribution in [0.4, 0.5) is 17.1 Å². The van der Waals surface area contributed by atoms with Crippen molar-refractivity contribution in [2.45, 2.75) is 6.10 Å². The largest absolute Gasteiger partial charge is 0.461 e. The van der Waals surface area contributed by atoms with Crippen LogP contribution in [0, 0.1) is 15.5 Å². The molecule has 0 bridgehead atoms. The highest BCUT2D eigenvalue weighted by Gasteiger charge is 2.37. The van der Waals surface area contributed by atoms with Gasteiger partial charge in [0, 0.05) is 22.9 Å². The molecule has 0 aromatic heterocycles. The molecule has 0 amide bonds. The number of hydrogen-bond donors (Lipinski definition) is 3. The average molecular weight is 515 g/mol. The molecule has 5 aromatic rings. The zero-order chi connectivity index (χ0) is 26.8. The molecule has 1 heterocycles. The second-order valence-electron chi connectivity index (χ2n) is 8.91. The Morgan fingerprint density at radius 1 is 0.718 bits per heavy atom. The molecule has 9 nitrogen and oxygen atoms in total. The van der Waals surface area contributed by atoms with Gasteiger partial charge in [0.25, 0.3) is 5.69 Å². The van der Waals surface area contributed by atoms with Crippen LogP contribution in [0.3, 0.4) is 0 Å². The maximum Gasteiger partial charge on any atom is 0.269 e. The number of nitrogens with one attached hydrogen (secondary N) is 3. The molecule has 1 atom stereocenters. The van der Waals surface area contributed by atoms with E-state index in [9.17, 15) is 10.1 Å². The fourth-order valence-corrected chi connectivity index (χ4v) is 4.57. The summed E-state index contributed by atoms with van der Waals surface area (Å²) in [7, 11) is 0. The maximum atomic E-state index is 11.2. The van der Waals surface area contributed by atoms with Crippen LogP contribution in [-0.4, -0.2) is 22.2 Å². The van der Waals surface area contributed by atoms with Gasteiger partial charge in [0.15, 0.2) is 11.8 Å². The van der Waals surface area contributed by atoms with Gasteiger partial charge in [0.05, 0.1) is 16.3 Å². The Labute approximate surface area is 223 Å². The lowest BCUT2D eigenvalue weighted by molar-refractivity contribution is -0.384. The molecule has 1 aliphatic heterocycles. The number of benzene rings is 5. The quantitative estimate of drug-likeness (QED) is 0.168. The normalized spacial score (nSPS) is 17.0. The third-order valence-corrected chi connectivity index (χ3v) is 6.51. The number of hydrazone groups is 2. The monoisotopic (exact) mass is 514 g/mol. The van der Waals surface area contributed by atoms with Crippen LogP contribution in [0.15, 0.2) is 119 Å². The molecule has 9 heteroatoms. The zero-order valence-corrected chi connectivity index (χ0v) is 20.5. The molecule has 3 N–H and O–H groups in total. The molecule has 0 aliphatic carbocycles. The number of ether oxygens (including phenoxy) is 1. The first-order valence-electron chi connectivity index (χ1n) is 12.2. The van der Waals surface area contributed by atoms with Gasteiger partial charge >= 0.3 is 0 Å². The van der Waals surface area contributed by atoms with Crippen LogP contribution in [-0.2, 0) is 4.74 Å². The minimum absolute atomic E-state index is 0.0364. The number of hydrogen-bond acceptors (Lipinski definition) is 8. The molecular formula is C30H22N6O3. The predicted octanol–water partition coefficient (Wildman–Crippen LogP) is 6.89. The smallest absolute Gasteiger partial charge is 0.269 e. The highest BCUT2D eigenvalue weighted by Crippen LogP contribution is 2.30. The predicted molar refractivity (Wildman–Crippen MR) is 155 cm³/mol. The second kappa shape index (κ2) is 10.1. The van der Waals surface area contributed by atoms with Crippen LogP contribution in [0.2, 0.25) is 0 Å². The van der Waals surface area contributed by atoms with Crippen LogP contribution < -0.4 is 10.9 Å². The Balaban J connectivity index is 1.40. The van der Waals surface area contributed by atoms with Crippen LogP contribution >= 0.6 is 0 Å². The van der Waals surface area contributed by atoms with Crippen molar-refractivity contribution in [3.63, 3.8) is 0 Å². The van der Waals surface area contributed by atoms with Crippen LogP contribution in [0.5, 0.6) is 0 Å². The summed E-state index contributed by atoms with van der Waals surface area (Å²) in [6.45, 7) is 0. The number of nitrogens with zero attached hydrogens (tertiary/aromatic N) is 3. The molecule has 1 unspecified atom stereocenters. The summed E-state index contributed by atoms with van der Waals surface area (Å²) in [5.74, 6) is -0.162. The van der Waals surface area contributed by atoms with Crippen molar-refractivity contribution in [1.29, 1.82) is 5.41 Å². The summed E-state index contributed by atoms with van der Waals surface area (Å²) in [6.07, 6.45) is -0.783. The molecule has 6 rings (SSSR count). The van der Waals surface area contributed by atoms with Crippen molar-refractivity contribution < 1.29 is 9.66 Å². The first-order valence-corrected chi connectivity index (χ1v) is 12.2. The lowest BCUT2D eigenvalue weighted by Gasteiger charge is -2.12. The van der Waals surface area contributed by atoms with E-state index in [-0.39, 0.29) is 17.3 Å². The van der Waals surface area contributed by atoms with Crippen molar-refractivity contribution in [1.82, 2.24) is 0 Å². The number of nitro benzene ring substituents is 1. The average Bonchev–Trinajstić information content (AvgIpc) is 3.29. The molecule has 0 saturated carbocycles. The summed E-state index contributed by atoms with van der Waals surface area (Å²) in [5.41, 5.74) is 8.93. The molecule has 1 saturated heterocycles. The van der Waals surface area contributed by atoms with Crippen LogP contribution in [0.1, 0.15) is 11.7 Å². The number of anilines is 2. The van der Waals surface area contributed by atoms with Gasteiger partial charge in [0.1, 0.15) is 5.71 Å². The van der Waals surface area contributed by atoms with E-state index in [2.05, 4.69) is 21.1 Å². The lowest BCUT2D eigenvalue weighted by Crippen LogP contribution is -2.19. The highest BCUT2D eigenvalue weighted by atomic mass is 16.6. The van der Waals surface area contributed by atoms with E-state index in [1.807, 2.05) is 84.9 Å². The van der Waals surface area contributed by atoms with Gasteiger partial charge in [-0.1, -0.05) is 72.8 Å². The molecule has 0 spiro atoms. The Bertz CT molecular complexity index is 1790. The summed E-state index contributed by atoms with van der Waals surface area (Å²) < 4.78 is 5.90. The van der Waals surface area contributed by atoms with Crippen LogP contribution in [0.25, 0.3) is 21.5 Å². The molecular weight excluding hydrogens is 492 g/mol. The van der Waals surface area contributed by atoms with Gasteiger partial charge in [-0.2, -0.15) is 10.2 Å². The fraction of sp³-hybridized carbons (Fsp3) is 0.0333. The minimum Gasteiger partial charge on any atom is -0.461 e. The van der Waals surface area contributed by atoms with Gasteiger partial charge < -0.3 is 4.74 Å². The lowest BCUT2D eigenvalue weighted by atomic mass is 10.0. The number of rotatable bonds is 6. The zero-order valence-electron chi connectivity index (χ0n) is 20.5. The van der Waals surface area contributed by atoms with E-state index in [0.717, 1.165) is 32.9 Å². The van der Waals surface area contributed by atoms with Crippen molar-refractivity contribution in [3.8, 4) is 0 Å². The van der Waals surface area contributed by atoms with Gasteiger partial charge in [-0.3, -0.25) is 26.4 Å². The van der Waals surface area contributed by atoms with E-state index < -0.39 is 11.0 Å². The number of fused-ring (bicyclic) bond motifs is 2. The SMILES string of the molecule is N=C1OC(c2ccc([N+](=O)[O-])cc2)C(=NNc2cccc3ccccc23)C1=NNc1cccc2ccccc12. The third-order valence-electron chi connectivity index (χ3n) is 6.51. The summed E-state index contributed by atoms with van der Waals surface area (Å²) in [5, 5.41) is 33.0. The summed E-state index contributed by atoms with van der Waals surface area (Å²) in [4.78, 5) is 10.7. The summed E-state index contributed by atoms with van der Waals surface area (Å²) >= 11 is 0. The molecule has 5 aromatic carbocycles. The summed E-state index contributed by atoms with van der Waals surface area (Å²) in [6, 6.07) is 33.6. The second-order valence-corrected chi connectivity index (χ2v) is 8.91. The Hall–Kier alpha value is -5.57. The van der Waals surface area contributed by atoms with Gasteiger partial charge in [-0.25, -0.2) is 0 Å². The van der Waals surface area contributed by atoms with Crippen molar-refractivity contribution in [3.05, 3.63) is 125 Å². The molecule has 39 heavy (non-hydrogen) atoms. The first kappa shape index (κ1) is 23.8. The van der Waals surface area contributed by atoms with E-state index in [4.69, 9.17) is 10.1 Å². The fourth-order valence-electron chi connectivity index (χ4n) is 4.57. The van der Waals surface area contributed by atoms with Crippen molar-refractivity contribution in [2.75, 3.05) is 10.9 Å². The molecule has 1 aliphatic rings. The Kier molecular flexibility index (Phi) is 6.14. The Morgan fingerprint density at radius 3 is 1.85 bits per heavy atom. The standard InChI is InChI=1S/C30H22N6O3/c31-30-28(35-33-26-14-6-10-20-8-2-4-12-24(20)26)27(29(39-30)21-15-17-22(18-16-21)36(37)38)34-32-25-13-5-9-19-7-1-3-11-23(19)25/h1-18,29,31-33H. The van der Waals surface area contributed by atoms with Crippen molar-refractivity contribution in [2.24, 2.45) is 10.2 Å². The Morgan fingerprint density at radius 2 is 1.26 bits per heavy atom. The van der Waals surface area contributed by atoms with Gasteiger partial charge in [0.2, 0.25) is 5.90 Å². The highest BCUT2D eigenvalue weighted by molar-refractivity contribution is 6.69. The van der Waals surface area contributed by atoms with Gasteiger partial charge in [-0.15, -0.1) is 0 Å². The number of non-ortho nitro benzene ring substituents is 1. The topological polar surface area (TPSA) is 125 Å². The molecule has 0 radical (unpaired) electrons. The van der Waals surface area contributed by atoms with E-state index >= 15 is 0 Å². The molecule has 1 fully saturated rings. The van der Waals surface area contributed by atoms with E-state index in [0.29, 0.717) is 11.3 Å². The molecule has 190 valence electrons. The van der Waals surface area contributed by atoms with Crippen molar-refractivity contribution >= 4 is 55.9 Å². The number of nitro groups is 1. The maximum absolute atomic E-state index is 11.2. The first-order chi connectivity index (χ1) is 19.1. The third kappa shape index (κ3) is 4.64. The minimum atomic E-state index is -0.783. The van der Waals surface area contributed by atoms with E-state index in [1.54, 1.807) is 12.1 Å².